The van der Waals surface area contributed by atoms with Gasteiger partial charge in [0.1, 0.15) is 5.75 Å². The number of hydrogen-bond acceptors (Lipinski definition) is 5. The van der Waals surface area contributed by atoms with Crippen molar-refractivity contribution < 1.29 is 9.53 Å². The summed E-state index contributed by atoms with van der Waals surface area (Å²) in [6, 6.07) is 14.5. The summed E-state index contributed by atoms with van der Waals surface area (Å²) in [6.07, 6.45) is 0.790. The maximum atomic E-state index is 13.1. The van der Waals surface area contributed by atoms with Gasteiger partial charge in [0, 0.05) is 17.8 Å². The van der Waals surface area contributed by atoms with Crippen LogP contribution in [-0.4, -0.2) is 27.8 Å². The van der Waals surface area contributed by atoms with Gasteiger partial charge in [-0.3, -0.25) is 14.2 Å². The number of methoxy groups -OCH3 is 1. The number of amides is 1. The molecule has 0 aliphatic rings. The van der Waals surface area contributed by atoms with Crippen molar-refractivity contribution in [2.75, 3.05) is 12.4 Å². The third-order valence-electron chi connectivity index (χ3n) is 4.80. The molecule has 152 valence electrons. The number of nitrogens with zero attached hydrogens (tertiary/aromatic N) is 2. The first-order chi connectivity index (χ1) is 13.9. The van der Waals surface area contributed by atoms with E-state index < -0.39 is 5.25 Å². The normalized spacial score (nSPS) is 13.1. The van der Waals surface area contributed by atoms with Gasteiger partial charge in [0.05, 0.1) is 23.3 Å². The van der Waals surface area contributed by atoms with Crippen LogP contribution >= 0.6 is 11.8 Å². The number of anilines is 1. The lowest BCUT2D eigenvalue weighted by atomic mass is 10.2. The Morgan fingerprint density at radius 1 is 1.21 bits per heavy atom. The monoisotopic (exact) mass is 411 g/mol. The van der Waals surface area contributed by atoms with E-state index >= 15 is 0 Å². The minimum atomic E-state index is -0.440. The van der Waals surface area contributed by atoms with Crippen molar-refractivity contribution in [2.24, 2.45) is 0 Å². The van der Waals surface area contributed by atoms with E-state index in [0.29, 0.717) is 27.5 Å². The Balaban J connectivity index is 1.89. The lowest BCUT2D eigenvalue weighted by molar-refractivity contribution is -0.115. The van der Waals surface area contributed by atoms with Crippen LogP contribution in [0.4, 0.5) is 5.69 Å². The maximum Gasteiger partial charge on any atom is 0.262 e. The second-order valence-electron chi connectivity index (χ2n) is 6.83. The standard InChI is InChI=1S/C22H25N3O3S/c1-5-14(2)25-21(27)18-11-6-7-12-19(18)24-22(25)29-15(3)20(26)23-16-9-8-10-17(13-16)28-4/h6-15H,5H2,1-4H3,(H,23,26)/t14-,15+/m0/s1. The molecular formula is C22H25N3O3S. The summed E-state index contributed by atoms with van der Waals surface area (Å²) in [5.41, 5.74) is 1.22. The highest BCUT2D eigenvalue weighted by molar-refractivity contribution is 8.00. The number of rotatable bonds is 7. The summed E-state index contributed by atoms with van der Waals surface area (Å²) in [4.78, 5) is 30.5. The van der Waals surface area contributed by atoms with Crippen molar-refractivity contribution in [3.8, 4) is 5.75 Å². The van der Waals surface area contributed by atoms with Crippen LogP contribution in [0, 0.1) is 0 Å². The molecule has 0 aliphatic heterocycles. The van der Waals surface area contributed by atoms with E-state index in [1.807, 2.05) is 51.1 Å². The van der Waals surface area contributed by atoms with Gasteiger partial charge < -0.3 is 10.1 Å². The average molecular weight is 412 g/mol. The minimum Gasteiger partial charge on any atom is -0.497 e. The highest BCUT2D eigenvalue weighted by Crippen LogP contribution is 2.27. The number of benzene rings is 2. The van der Waals surface area contributed by atoms with E-state index in [-0.39, 0.29) is 17.5 Å². The fourth-order valence-electron chi connectivity index (χ4n) is 2.94. The summed E-state index contributed by atoms with van der Waals surface area (Å²) >= 11 is 1.29. The van der Waals surface area contributed by atoms with Crippen molar-refractivity contribution in [3.05, 3.63) is 58.9 Å². The zero-order valence-electron chi connectivity index (χ0n) is 17.0. The summed E-state index contributed by atoms with van der Waals surface area (Å²) in [7, 11) is 1.58. The van der Waals surface area contributed by atoms with Crippen LogP contribution in [0.1, 0.15) is 33.2 Å². The van der Waals surface area contributed by atoms with Crippen molar-refractivity contribution >= 4 is 34.3 Å². The van der Waals surface area contributed by atoms with E-state index in [2.05, 4.69) is 10.3 Å². The molecule has 0 aliphatic carbocycles. The molecule has 1 aromatic heterocycles. The molecule has 2 aromatic carbocycles. The molecule has 0 bridgehead atoms. The van der Waals surface area contributed by atoms with Crippen LogP contribution in [0.5, 0.6) is 5.75 Å². The number of fused-ring (bicyclic) bond motifs is 1. The fraction of sp³-hybridized carbons (Fsp3) is 0.318. The first-order valence-electron chi connectivity index (χ1n) is 9.57. The fourth-order valence-corrected chi connectivity index (χ4v) is 3.95. The molecule has 3 rings (SSSR count). The molecule has 1 heterocycles. The van der Waals surface area contributed by atoms with Crippen LogP contribution in [0.15, 0.2) is 58.5 Å². The van der Waals surface area contributed by atoms with Crippen molar-refractivity contribution in [3.63, 3.8) is 0 Å². The van der Waals surface area contributed by atoms with Gasteiger partial charge in [-0.05, 0) is 44.5 Å². The number of carbonyl (C=O) groups is 1. The van der Waals surface area contributed by atoms with Gasteiger partial charge in [-0.1, -0.05) is 36.9 Å². The van der Waals surface area contributed by atoms with Gasteiger partial charge >= 0.3 is 0 Å². The van der Waals surface area contributed by atoms with Crippen LogP contribution in [0.2, 0.25) is 0 Å². The molecule has 2 atom stereocenters. The SMILES string of the molecule is CC[C@H](C)n1c(S[C@H](C)C(=O)Nc2cccc(OC)c2)nc2ccccc2c1=O. The Morgan fingerprint density at radius 3 is 2.69 bits per heavy atom. The van der Waals surface area contributed by atoms with Crippen LogP contribution in [0.3, 0.4) is 0 Å². The van der Waals surface area contributed by atoms with Crippen LogP contribution < -0.4 is 15.6 Å². The summed E-state index contributed by atoms with van der Waals surface area (Å²) in [5.74, 6) is 0.506. The van der Waals surface area contributed by atoms with E-state index in [1.165, 1.54) is 11.8 Å². The number of thioether (sulfide) groups is 1. The number of nitrogens with one attached hydrogen (secondary N) is 1. The quantitative estimate of drug-likeness (QED) is 0.458. The molecule has 1 amide bonds. The number of aromatic nitrogens is 2. The molecule has 0 fully saturated rings. The Hall–Kier alpha value is -2.80. The van der Waals surface area contributed by atoms with Crippen LogP contribution in [0.25, 0.3) is 10.9 Å². The predicted octanol–water partition coefficient (Wildman–Crippen LogP) is 4.50. The number of carbonyl (C=O) groups excluding carboxylic acids is 1. The minimum absolute atomic E-state index is 0.0178. The number of ether oxygens (including phenoxy) is 1. The Kier molecular flexibility index (Phi) is 6.59. The molecule has 7 heteroatoms. The molecular weight excluding hydrogens is 386 g/mol. The summed E-state index contributed by atoms with van der Waals surface area (Å²) < 4.78 is 6.89. The third-order valence-corrected chi connectivity index (χ3v) is 5.86. The van der Waals surface area contributed by atoms with E-state index in [1.54, 1.807) is 29.9 Å². The van der Waals surface area contributed by atoms with Crippen molar-refractivity contribution in [1.29, 1.82) is 0 Å². The molecule has 6 nitrogen and oxygen atoms in total. The number of para-hydroxylation sites is 1. The van der Waals surface area contributed by atoms with Gasteiger partial charge in [-0.15, -0.1) is 0 Å². The van der Waals surface area contributed by atoms with Gasteiger partial charge in [-0.2, -0.15) is 0 Å². The Labute approximate surface area is 174 Å². The first kappa shape index (κ1) is 20.9. The molecule has 0 radical (unpaired) electrons. The third kappa shape index (κ3) is 4.62. The molecule has 0 spiro atoms. The number of hydrogen-bond donors (Lipinski definition) is 1. The molecule has 3 aromatic rings. The highest BCUT2D eigenvalue weighted by atomic mass is 32.2. The second-order valence-corrected chi connectivity index (χ2v) is 8.13. The first-order valence-corrected chi connectivity index (χ1v) is 10.5. The lowest BCUT2D eigenvalue weighted by Crippen LogP contribution is -2.28. The van der Waals surface area contributed by atoms with Gasteiger partial charge in [0.25, 0.3) is 5.56 Å². The van der Waals surface area contributed by atoms with Crippen molar-refractivity contribution in [1.82, 2.24) is 9.55 Å². The Morgan fingerprint density at radius 2 is 1.97 bits per heavy atom. The maximum absolute atomic E-state index is 13.1. The van der Waals surface area contributed by atoms with Crippen LogP contribution in [-0.2, 0) is 4.79 Å². The molecule has 29 heavy (non-hydrogen) atoms. The van der Waals surface area contributed by atoms with Gasteiger partial charge in [-0.25, -0.2) is 4.98 Å². The Bertz CT molecular complexity index is 1080. The topological polar surface area (TPSA) is 73.2 Å². The summed E-state index contributed by atoms with van der Waals surface area (Å²) in [6.45, 7) is 5.82. The van der Waals surface area contributed by atoms with E-state index in [0.717, 1.165) is 6.42 Å². The lowest BCUT2D eigenvalue weighted by Gasteiger charge is -2.20. The molecule has 0 saturated carbocycles. The van der Waals surface area contributed by atoms with E-state index in [4.69, 9.17) is 4.74 Å². The summed E-state index contributed by atoms with van der Waals surface area (Å²) in [5, 5.41) is 3.60. The zero-order valence-corrected chi connectivity index (χ0v) is 17.8. The molecule has 1 N–H and O–H groups in total. The molecule has 0 unspecified atom stereocenters. The van der Waals surface area contributed by atoms with E-state index in [9.17, 15) is 9.59 Å². The van der Waals surface area contributed by atoms with Crippen molar-refractivity contribution in [2.45, 2.75) is 43.6 Å². The predicted molar refractivity (Wildman–Crippen MR) is 118 cm³/mol. The highest BCUT2D eigenvalue weighted by Gasteiger charge is 2.21. The second kappa shape index (κ2) is 9.13. The van der Waals surface area contributed by atoms with Gasteiger partial charge in [0.2, 0.25) is 5.91 Å². The average Bonchev–Trinajstić information content (AvgIpc) is 2.73. The zero-order chi connectivity index (χ0) is 21.0. The molecule has 0 saturated heterocycles. The largest absolute Gasteiger partial charge is 0.497 e. The smallest absolute Gasteiger partial charge is 0.262 e. The van der Waals surface area contributed by atoms with Gasteiger partial charge in [0.15, 0.2) is 5.16 Å².